The second kappa shape index (κ2) is 4.09. The fourth-order valence-electron chi connectivity index (χ4n) is 1.46. The molecule has 0 aliphatic rings. The molecule has 0 saturated heterocycles. The highest BCUT2D eigenvalue weighted by Gasteiger charge is 2.06. The lowest BCUT2D eigenvalue weighted by Gasteiger charge is -1.91. The number of hydrogen-bond acceptors (Lipinski definition) is 2. The van der Waals surface area contributed by atoms with E-state index in [1.54, 1.807) is 24.3 Å². The molecule has 0 atom stereocenters. The van der Waals surface area contributed by atoms with Crippen molar-refractivity contribution in [2.24, 2.45) is 0 Å². The van der Waals surface area contributed by atoms with Gasteiger partial charge < -0.3 is 15.2 Å². The van der Waals surface area contributed by atoms with Crippen LogP contribution >= 0.6 is 0 Å². The van der Waals surface area contributed by atoms with Crippen molar-refractivity contribution in [2.75, 3.05) is 6.61 Å². The summed E-state index contributed by atoms with van der Waals surface area (Å²) in [5.74, 6) is 4.30. The topological polar surface area (TPSA) is 73.3 Å². The maximum absolute atomic E-state index is 10.7. The zero-order chi connectivity index (χ0) is 11.5. The van der Waals surface area contributed by atoms with Gasteiger partial charge in [0.2, 0.25) is 0 Å². The molecule has 3 N–H and O–H groups in total. The minimum atomic E-state index is -0.987. The summed E-state index contributed by atoms with van der Waals surface area (Å²) in [4.78, 5) is 13.5. The number of aliphatic hydroxyl groups is 1. The second-order valence-electron chi connectivity index (χ2n) is 3.25. The first-order valence-electron chi connectivity index (χ1n) is 4.66. The Labute approximate surface area is 91.5 Å². The van der Waals surface area contributed by atoms with E-state index in [-0.39, 0.29) is 12.3 Å². The van der Waals surface area contributed by atoms with Crippen molar-refractivity contribution in [3.63, 3.8) is 0 Å². The second-order valence-corrected chi connectivity index (χ2v) is 3.25. The molecule has 4 nitrogen and oxygen atoms in total. The Kier molecular flexibility index (Phi) is 2.63. The number of benzene rings is 1. The van der Waals surface area contributed by atoms with Gasteiger partial charge in [0.05, 0.1) is 0 Å². The number of rotatable bonds is 1. The number of nitrogens with one attached hydrogen (secondary N) is 1. The van der Waals surface area contributed by atoms with Gasteiger partial charge >= 0.3 is 5.97 Å². The van der Waals surface area contributed by atoms with Crippen molar-refractivity contribution in [1.82, 2.24) is 4.98 Å². The van der Waals surface area contributed by atoms with E-state index in [0.29, 0.717) is 0 Å². The lowest BCUT2D eigenvalue weighted by molar-refractivity contribution is 0.0691. The first-order valence-corrected chi connectivity index (χ1v) is 4.66. The van der Waals surface area contributed by atoms with Crippen molar-refractivity contribution >= 4 is 16.9 Å². The van der Waals surface area contributed by atoms with Gasteiger partial charge in [0.15, 0.2) is 0 Å². The van der Waals surface area contributed by atoms with Gasteiger partial charge in [-0.3, -0.25) is 0 Å². The normalized spacial score (nSPS) is 9.81. The molecule has 4 heteroatoms. The molecule has 0 radical (unpaired) electrons. The van der Waals surface area contributed by atoms with E-state index in [2.05, 4.69) is 16.8 Å². The Morgan fingerprint density at radius 2 is 2.19 bits per heavy atom. The van der Waals surface area contributed by atoms with Crippen LogP contribution in [0.1, 0.15) is 16.1 Å². The van der Waals surface area contributed by atoms with E-state index in [4.69, 9.17) is 10.2 Å². The van der Waals surface area contributed by atoms with Crippen LogP contribution < -0.4 is 0 Å². The van der Waals surface area contributed by atoms with E-state index in [1.807, 2.05) is 0 Å². The lowest BCUT2D eigenvalue weighted by Crippen LogP contribution is -1.94. The molecule has 0 unspecified atom stereocenters. The predicted molar refractivity (Wildman–Crippen MR) is 59.2 cm³/mol. The van der Waals surface area contributed by atoms with Crippen LogP contribution in [0.4, 0.5) is 0 Å². The van der Waals surface area contributed by atoms with Crippen molar-refractivity contribution in [3.05, 3.63) is 35.5 Å². The summed E-state index contributed by atoms with van der Waals surface area (Å²) >= 11 is 0. The van der Waals surface area contributed by atoms with E-state index < -0.39 is 5.97 Å². The standard InChI is InChI=1S/C12H9NO3/c14-5-1-2-8-3-4-9-7-11(12(15)16)13-10(9)6-8/h3-4,6-7,13-14H,5H2,(H,15,16). The molecule has 1 aromatic heterocycles. The maximum atomic E-state index is 10.7. The van der Waals surface area contributed by atoms with Gasteiger partial charge in [-0.25, -0.2) is 4.79 Å². The van der Waals surface area contributed by atoms with Gasteiger partial charge in [-0.2, -0.15) is 0 Å². The minimum Gasteiger partial charge on any atom is -0.477 e. The SMILES string of the molecule is O=C(O)c1cc2ccc(C#CCO)cc2[nH]1. The molecule has 2 rings (SSSR count). The van der Waals surface area contributed by atoms with Gasteiger partial charge in [0.1, 0.15) is 12.3 Å². The number of aromatic carboxylic acids is 1. The number of carboxylic acid groups (broad SMARTS) is 1. The van der Waals surface area contributed by atoms with E-state index >= 15 is 0 Å². The first kappa shape index (κ1) is 10.3. The number of aromatic nitrogens is 1. The zero-order valence-electron chi connectivity index (χ0n) is 8.32. The van der Waals surface area contributed by atoms with E-state index in [9.17, 15) is 4.79 Å². The number of fused-ring (bicyclic) bond motifs is 1. The summed E-state index contributed by atoms with van der Waals surface area (Å²) in [6.45, 7) is -0.191. The van der Waals surface area contributed by atoms with Crippen LogP contribution in [0.3, 0.4) is 0 Å². The fraction of sp³-hybridized carbons (Fsp3) is 0.0833. The van der Waals surface area contributed by atoms with Gasteiger partial charge in [0.25, 0.3) is 0 Å². The van der Waals surface area contributed by atoms with E-state index in [1.165, 1.54) is 0 Å². The van der Waals surface area contributed by atoms with Crippen molar-refractivity contribution in [1.29, 1.82) is 0 Å². The molecule has 1 aromatic carbocycles. The van der Waals surface area contributed by atoms with Crippen LogP contribution in [0.15, 0.2) is 24.3 Å². The monoisotopic (exact) mass is 215 g/mol. The average Bonchev–Trinajstić information content (AvgIpc) is 2.69. The number of H-pyrrole nitrogens is 1. The first-order chi connectivity index (χ1) is 7.70. The third kappa shape index (κ3) is 1.90. The number of hydrogen-bond donors (Lipinski definition) is 3. The largest absolute Gasteiger partial charge is 0.477 e. The Bertz CT molecular complexity index is 601. The molecule has 0 saturated carbocycles. The number of aromatic amines is 1. The van der Waals surface area contributed by atoms with Crippen LogP contribution in [0, 0.1) is 11.8 Å². The molecular formula is C12H9NO3. The third-order valence-electron chi connectivity index (χ3n) is 2.16. The van der Waals surface area contributed by atoms with Crippen LogP contribution in [-0.2, 0) is 0 Å². The predicted octanol–water partition coefficient (Wildman–Crippen LogP) is 1.21. The summed E-state index contributed by atoms with van der Waals surface area (Å²) < 4.78 is 0. The quantitative estimate of drug-likeness (QED) is 0.626. The highest BCUT2D eigenvalue weighted by atomic mass is 16.4. The molecule has 1 heterocycles. The summed E-state index contributed by atoms with van der Waals surface area (Å²) in [5, 5.41) is 18.2. The zero-order valence-corrected chi connectivity index (χ0v) is 8.32. The highest BCUT2D eigenvalue weighted by molar-refractivity contribution is 5.94. The van der Waals surface area contributed by atoms with Gasteiger partial charge in [-0.15, -0.1) is 0 Å². The Morgan fingerprint density at radius 3 is 2.88 bits per heavy atom. The number of aliphatic hydroxyl groups excluding tert-OH is 1. The molecule has 0 aliphatic carbocycles. The number of carboxylic acids is 1. The average molecular weight is 215 g/mol. The van der Waals surface area contributed by atoms with Crippen LogP contribution in [0.2, 0.25) is 0 Å². The molecule has 0 amide bonds. The highest BCUT2D eigenvalue weighted by Crippen LogP contribution is 2.16. The molecule has 0 aliphatic heterocycles. The summed E-state index contributed by atoms with van der Waals surface area (Å²) in [6.07, 6.45) is 0. The van der Waals surface area contributed by atoms with Crippen molar-refractivity contribution in [2.45, 2.75) is 0 Å². The Hall–Kier alpha value is -2.25. The molecule has 0 spiro atoms. The summed E-state index contributed by atoms with van der Waals surface area (Å²) in [5.41, 5.74) is 1.62. The van der Waals surface area contributed by atoms with Gasteiger partial charge in [0, 0.05) is 16.5 Å². The fourth-order valence-corrected chi connectivity index (χ4v) is 1.46. The van der Waals surface area contributed by atoms with Crippen LogP contribution in [0.5, 0.6) is 0 Å². The third-order valence-corrected chi connectivity index (χ3v) is 2.16. The van der Waals surface area contributed by atoms with Gasteiger partial charge in [-0.05, 0) is 18.2 Å². The molecule has 16 heavy (non-hydrogen) atoms. The minimum absolute atomic E-state index is 0.155. The van der Waals surface area contributed by atoms with E-state index in [0.717, 1.165) is 16.5 Å². The Morgan fingerprint density at radius 1 is 1.38 bits per heavy atom. The summed E-state index contributed by atoms with van der Waals surface area (Å²) in [6, 6.07) is 6.90. The molecular weight excluding hydrogens is 206 g/mol. The summed E-state index contributed by atoms with van der Waals surface area (Å²) in [7, 11) is 0. The Balaban J connectivity index is 2.49. The lowest BCUT2D eigenvalue weighted by atomic mass is 10.2. The smallest absolute Gasteiger partial charge is 0.352 e. The van der Waals surface area contributed by atoms with Crippen LogP contribution in [0.25, 0.3) is 10.9 Å². The van der Waals surface area contributed by atoms with Gasteiger partial charge in [-0.1, -0.05) is 17.9 Å². The van der Waals surface area contributed by atoms with Crippen molar-refractivity contribution in [3.8, 4) is 11.8 Å². The number of carbonyl (C=O) groups is 1. The molecule has 0 fully saturated rings. The maximum Gasteiger partial charge on any atom is 0.352 e. The molecule has 80 valence electrons. The molecule has 0 bridgehead atoms. The molecule has 2 aromatic rings. The van der Waals surface area contributed by atoms with Crippen molar-refractivity contribution < 1.29 is 15.0 Å². The van der Waals surface area contributed by atoms with Crippen LogP contribution in [-0.4, -0.2) is 27.8 Å².